The number of carbonyl (C=O) groups excluding carboxylic acids is 1. The van der Waals surface area contributed by atoms with Crippen LogP contribution in [0.2, 0.25) is 0 Å². The van der Waals surface area contributed by atoms with Crippen LogP contribution in [0.3, 0.4) is 0 Å². The number of nitrogens with zero attached hydrogens (tertiary/aromatic N) is 4. The molecule has 0 unspecified atom stereocenters. The maximum absolute atomic E-state index is 13.1. The van der Waals surface area contributed by atoms with Gasteiger partial charge in [-0.25, -0.2) is 4.98 Å². The zero-order valence-electron chi connectivity index (χ0n) is 15.3. The Bertz CT molecular complexity index is 722. The highest BCUT2D eigenvalue weighted by Gasteiger charge is 2.29. The number of likely N-dealkylation sites (N-methyl/N-ethyl adjacent to an activating group) is 1. The summed E-state index contributed by atoms with van der Waals surface area (Å²) in [6, 6.07) is 4.58. The van der Waals surface area contributed by atoms with E-state index in [4.69, 9.17) is 0 Å². The van der Waals surface area contributed by atoms with E-state index in [9.17, 15) is 4.79 Å². The summed E-state index contributed by atoms with van der Waals surface area (Å²) in [6.07, 6.45) is 3.50. The van der Waals surface area contributed by atoms with Gasteiger partial charge in [-0.05, 0) is 31.3 Å². The molecule has 4 heterocycles. The van der Waals surface area contributed by atoms with E-state index < -0.39 is 0 Å². The number of thiazole rings is 1. The zero-order valence-corrected chi connectivity index (χ0v) is 16.9. The molecule has 5 nitrogen and oxygen atoms in total. The quantitative estimate of drug-likeness (QED) is 0.807. The Hall–Kier alpha value is -1.28. The van der Waals surface area contributed by atoms with Crippen LogP contribution in [0.5, 0.6) is 0 Å². The maximum atomic E-state index is 13.1. The molecule has 0 aliphatic carbocycles. The largest absolute Gasteiger partial charge is 0.336 e. The van der Waals surface area contributed by atoms with Crippen molar-refractivity contribution in [1.29, 1.82) is 0 Å². The van der Waals surface area contributed by atoms with Gasteiger partial charge in [0.1, 0.15) is 10.7 Å². The summed E-state index contributed by atoms with van der Waals surface area (Å²) in [6.45, 7) is 6.18. The molecule has 0 spiro atoms. The van der Waals surface area contributed by atoms with E-state index in [1.165, 1.54) is 12.8 Å². The maximum Gasteiger partial charge on any atom is 0.273 e. The van der Waals surface area contributed by atoms with Gasteiger partial charge < -0.3 is 9.80 Å². The van der Waals surface area contributed by atoms with Crippen molar-refractivity contribution in [3.8, 4) is 9.88 Å². The molecular weight excluding hydrogens is 364 g/mol. The van der Waals surface area contributed by atoms with Crippen molar-refractivity contribution < 1.29 is 4.79 Å². The fourth-order valence-electron chi connectivity index (χ4n) is 3.84. The van der Waals surface area contributed by atoms with E-state index in [2.05, 4.69) is 27.9 Å². The molecule has 2 fully saturated rings. The number of rotatable bonds is 3. The van der Waals surface area contributed by atoms with Gasteiger partial charge in [0, 0.05) is 50.7 Å². The zero-order chi connectivity index (χ0) is 17.9. The minimum atomic E-state index is 0.102. The molecule has 7 heteroatoms. The number of hydrogen-bond donors (Lipinski definition) is 0. The molecule has 140 valence electrons. The lowest BCUT2D eigenvalue weighted by molar-refractivity contribution is 0.0627. The molecule has 2 aromatic heterocycles. The van der Waals surface area contributed by atoms with Crippen molar-refractivity contribution in [1.82, 2.24) is 19.7 Å². The minimum Gasteiger partial charge on any atom is -0.336 e. The van der Waals surface area contributed by atoms with Crippen LogP contribution >= 0.6 is 22.7 Å². The Morgan fingerprint density at radius 3 is 2.77 bits per heavy atom. The van der Waals surface area contributed by atoms with Crippen molar-refractivity contribution in [3.63, 3.8) is 0 Å². The van der Waals surface area contributed by atoms with Gasteiger partial charge in [-0.3, -0.25) is 9.69 Å². The summed E-state index contributed by atoms with van der Waals surface area (Å²) in [4.78, 5) is 25.8. The summed E-state index contributed by atoms with van der Waals surface area (Å²) in [5.41, 5.74) is 0.609. The molecule has 2 aliphatic rings. The molecule has 0 saturated carbocycles. The highest BCUT2D eigenvalue weighted by atomic mass is 32.1. The van der Waals surface area contributed by atoms with Gasteiger partial charge >= 0.3 is 0 Å². The molecule has 0 radical (unpaired) electrons. The Morgan fingerprint density at radius 2 is 2.00 bits per heavy atom. The van der Waals surface area contributed by atoms with E-state index in [1.807, 2.05) is 21.7 Å². The van der Waals surface area contributed by atoms with Crippen LogP contribution in [0.15, 0.2) is 22.9 Å². The van der Waals surface area contributed by atoms with E-state index >= 15 is 0 Å². The molecule has 0 N–H and O–H groups in total. The normalized spacial score (nSPS) is 23.1. The standard InChI is InChI=1S/C19H26N4OS2/c1-21-8-10-22(11-9-21)15-5-2-3-7-23(13-15)19(24)16-14-26-18(20-16)17-6-4-12-25-17/h4,6,12,14-15H,2-3,5,7-11,13H2,1H3/t15-/m0/s1. The smallest absolute Gasteiger partial charge is 0.273 e. The Morgan fingerprint density at radius 1 is 1.15 bits per heavy atom. The van der Waals surface area contributed by atoms with Crippen LogP contribution in [0, 0.1) is 0 Å². The number of hydrogen-bond acceptors (Lipinski definition) is 6. The Kier molecular flexibility index (Phi) is 5.69. The lowest BCUT2D eigenvalue weighted by Crippen LogP contribution is -2.52. The monoisotopic (exact) mass is 390 g/mol. The average molecular weight is 391 g/mol. The summed E-state index contributed by atoms with van der Waals surface area (Å²) in [5, 5.41) is 4.93. The Labute approximate surface area is 163 Å². The average Bonchev–Trinajstić information content (AvgIpc) is 3.29. The number of carbonyl (C=O) groups is 1. The molecule has 1 amide bonds. The minimum absolute atomic E-state index is 0.102. The van der Waals surface area contributed by atoms with Gasteiger partial charge in [0.05, 0.1) is 4.88 Å². The first-order chi connectivity index (χ1) is 12.7. The second kappa shape index (κ2) is 8.17. The fraction of sp³-hybridized carbons (Fsp3) is 0.579. The van der Waals surface area contributed by atoms with Gasteiger partial charge in [-0.1, -0.05) is 12.5 Å². The fourth-order valence-corrected chi connectivity index (χ4v) is 5.44. The number of piperazine rings is 1. The first-order valence-electron chi connectivity index (χ1n) is 9.42. The van der Waals surface area contributed by atoms with E-state index in [1.54, 1.807) is 22.7 Å². The summed E-state index contributed by atoms with van der Waals surface area (Å²) in [5.74, 6) is 0.102. The molecule has 0 bridgehead atoms. The summed E-state index contributed by atoms with van der Waals surface area (Å²) in [7, 11) is 2.19. The van der Waals surface area contributed by atoms with Crippen LogP contribution in [-0.2, 0) is 0 Å². The van der Waals surface area contributed by atoms with Crippen LogP contribution in [0.25, 0.3) is 9.88 Å². The molecule has 2 aliphatic heterocycles. The number of amides is 1. The third kappa shape index (κ3) is 4.01. The highest BCUT2D eigenvalue weighted by molar-refractivity contribution is 7.20. The van der Waals surface area contributed by atoms with Crippen LogP contribution < -0.4 is 0 Å². The molecule has 1 atom stereocenters. The number of thiophene rings is 1. The van der Waals surface area contributed by atoms with Gasteiger partial charge in [-0.2, -0.15) is 0 Å². The van der Waals surface area contributed by atoms with Crippen molar-refractivity contribution in [3.05, 3.63) is 28.6 Å². The predicted molar refractivity (Wildman–Crippen MR) is 108 cm³/mol. The Balaban J connectivity index is 1.44. The highest BCUT2D eigenvalue weighted by Crippen LogP contribution is 2.28. The molecule has 4 rings (SSSR count). The van der Waals surface area contributed by atoms with Crippen molar-refractivity contribution in [2.75, 3.05) is 46.3 Å². The molecule has 0 aromatic carbocycles. The topological polar surface area (TPSA) is 39.7 Å². The van der Waals surface area contributed by atoms with Gasteiger partial charge in [0.25, 0.3) is 5.91 Å². The van der Waals surface area contributed by atoms with Crippen LogP contribution in [0.4, 0.5) is 0 Å². The van der Waals surface area contributed by atoms with Crippen LogP contribution in [-0.4, -0.2) is 77.9 Å². The van der Waals surface area contributed by atoms with E-state index in [0.29, 0.717) is 11.7 Å². The lowest BCUT2D eigenvalue weighted by Gasteiger charge is -2.39. The summed E-state index contributed by atoms with van der Waals surface area (Å²) < 4.78 is 0. The van der Waals surface area contributed by atoms with Crippen molar-refractivity contribution >= 4 is 28.6 Å². The number of aromatic nitrogens is 1. The second-order valence-corrected chi connectivity index (χ2v) is 9.06. The third-order valence-corrected chi connectivity index (χ3v) is 7.32. The predicted octanol–water partition coefficient (Wildman–Crippen LogP) is 3.11. The molecule has 2 aromatic rings. The van der Waals surface area contributed by atoms with Gasteiger partial charge in [0.15, 0.2) is 0 Å². The first-order valence-corrected chi connectivity index (χ1v) is 11.2. The van der Waals surface area contributed by atoms with Gasteiger partial charge in [-0.15, -0.1) is 22.7 Å². The lowest BCUT2D eigenvalue weighted by atomic mass is 10.1. The van der Waals surface area contributed by atoms with Crippen LogP contribution in [0.1, 0.15) is 29.8 Å². The molecule has 2 saturated heterocycles. The van der Waals surface area contributed by atoms with E-state index in [-0.39, 0.29) is 5.91 Å². The van der Waals surface area contributed by atoms with Crippen molar-refractivity contribution in [2.24, 2.45) is 0 Å². The SMILES string of the molecule is CN1CCN([C@H]2CCCCN(C(=O)c3csc(-c4cccs4)n3)C2)CC1. The molecule has 26 heavy (non-hydrogen) atoms. The third-order valence-electron chi connectivity index (χ3n) is 5.44. The van der Waals surface area contributed by atoms with E-state index in [0.717, 1.165) is 55.6 Å². The van der Waals surface area contributed by atoms with Crippen molar-refractivity contribution in [2.45, 2.75) is 25.3 Å². The number of likely N-dealkylation sites (tertiary alicyclic amines) is 1. The first kappa shape index (κ1) is 18.1. The molecular formula is C19H26N4OS2. The van der Waals surface area contributed by atoms with Gasteiger partial charge in [0.2, 0.25) is 0 Å². The summed E-state index contributed by atoms with van der Waals surface area (Å²) >= 11 is 3.24. The second-order valence-electron chi connectivity index (χ2n) is 7.26.